The molecule has 7 nitrogen and oxygen atoms in total. The maximum atomic E-state index is 12.5. The zero-order valence-electron chi connectivity index (χ0n) is 17.7. The summed E-state index contributed by atoms with van der Waals surface area (Å²) >= 11 is 1.50. The maximum absolute atomic E-state index is 12.5. The van der Waals surface area contributed by atoms with Crippen LogP contribution in [0.1, 0.15) is 28.8 Å². The number of carbonyl (C=O) groups is 2. The quantitative estimate of drug-likeness (QED) is 0.407. The van der Waals surface area contributed by atoms with Crippen molar-refractivity contribution in [2.24, 2.45) is 7.05 Å². The summed E-state index contributed by atoms with van der Waals surface area (Å²) in [5, 5.41) is 5.59. The third-order valence-electron chi connectivity index (χ3n) is 4.76. The number of imidazole rings is 1. The summed E-state index contributed by atoms with van der Waals surface area (Å²) in [6, 6.07) is 14.5. The number of rotatable bonds is 8. The average Bonchev–Trinajstić information content (AvgIpc) is 3.43. The predicted molar refractivity (Wildman–Crippen MR) is 124 cm³/mol. The second-order valence-corrected chi connectivity index (χ2v) is 7.95. The van der Waals surface area contributed by atoms with Crippen molar-refractivity contribution in [1.29, 1.82) is 0 Å². The first-order chi connectivity index (χ1) is 15.5. The van der Waals surface area contributed by atoms with E-state index < -0.39 is 0 Å². The molecule has 0 saturated carbocycles. The van der Waals surface area contributed by atoms with Gasteiger partial charge >= 0.3 is 0 Å². The van der Waals surface area contributed by atoms with Crippen molar-refractivity contribution in [3.8, 4) is 16.3 Å². The van der Waals surface area contributed by atoms with Crippen LogP contribution in [0.3, 0.4) is 0 Å². The fraction of sp³-hybridized carbons (Fsp3) is 0.167. The highest BCUT2D eigenvalue weighted by Crippen LogP contribution is 2.26. The number of carbonyl (C=O) groups excluding carboxylic acids is 2. The number of nitrogens with zero attached hydrogens (tertiary/aromatic N) is 3. The number of anilines is 1. The number of hydrogen-bond acceptors (Lipinski definition) is 6. The van der Waals surface area contributed by atoms with E-state index in [2.05, 4.69) is 15.3 Å². The van der Waals surface area contributed by atoms with Crippen LogP contribution < -0.4 is 10.1 Å². The van der Waals surface area contributed by atoms with Crippen molar-refractivity contribution >= 4 is 28.7 Å². The lowest BCUT2D eigenvalue weighted by Gasteiger charge is -2.06. The van der Waals surface area contributed by atoms with Gasteiger partial charge in [0.1, 0.15) is 10.8 Å². The number of aryl methyl sites for hydroxylation is 1. The van der Waals surface area contributed by atoms with E-state index in [4.69, 9.17) is 4.74 Å². The molecular formula is C24H22N4O3S. The predicted octanol–water partition coefficient (Wildman–Crippen LogP) is 4.35. The van der Waals surface area contributed by atoms with Crippen LogP contribution in [0.5, 0.6) is 5.75 Å². The van der Waals surface area contributed by atoms with Gasteiger partial charge in [0.2, 0.25) is 11.7 Å². The van der Waals surface area contributed by atoms with Crippen LogP contribution in [0, 0.1) is 0 Å². The first kappa shape index (κ1) is 21.5. The molecule has 0 saturated heterocycles. The fourth-order valence-electron chi connectivity index (χ4n) is 3.17. The number of benzene rings is 2. The second kappa shape index (κ2) is 9.57. The summed E-state index contributed by atoms with van der Waals surface area (Å²) < 4.78 is 7.14. The maximum Gasteiger partial charge on any atom is 0.230 e. The zero-order valence-corrected chi connectivity index (χ0v) is 18.6. The third-order valence-corrected chi connectivity index (χ3v) is 5.70. The molecule has 162 valence electrons. The number of thiazole rings is 1. The summed E-state index contributed by atoms with van der Waals surface area (Å²) in [7, 11) is 1.77. The molecule has 0 aliphatic carbocycles. The van der Waals surface area contributed by atoms with Gasteiger partial charge in [0, 0.05) is 41.6 Å². The molecule has 0 unspecified atom stereocenters. The minimum absolute atomic E-state index is 0.167. The molecule has 2 heterocycles. The van der Waals surface area contributed by atoms with Crippen molar-refractivity contribution in [3.05, 3.63) is 83.4 Å². The normalized spacial score (nSPS) is 10.7. The summed E-state index contributed by atoms with van der Waals surface area (Å²) in [5.74, 6) is 0.852. The fourth-order valence-corrected chi connectivity index (χ4v) is 4.00. The summed E-state index contributed by atoms with van der Waals surface area (Å²) in [6.45, 7) is 2.57. The average molecular weight is 447 g/mol. The molecule has 4 aromatic rings. The van der Waals surface area contributed by atoms with E-state index in [0.29, 0.717) is 29.4 Å². The van der Waals surface area contributed by atoms with E-state index in [9.17, 15) is 9.59 Å². The van der Waals surface area contributed by atoms with E-state index in [0.717, 1.165) is 16.3 Å². The third kappa shape index (κ3) is 4.92. The Labute approximate surface area is 189 Å². The van der Waals surface area contributed by atoms with Crippen LogP contribution in [-0.4, -0.2) is 32.8 Å². The Balaban J connectivity index is 1.36. The Bertz CT molecular complexity index is 1230. The number of ether oxygens (including phenoxy) is 1. The molecule has 1 N–H and O–H groups in total. The van der Waals surface area contributed by atoms with Gasteiger partial charge in [-0.05, 0) is 55.5 Å². The second-order valence-electron chi connectivity index (χ2n) is 7.09. The minimum Gasteiger partial charge on any atom is -0.494 e. The lowest BCUT2D eigenvalue weighted by atomic mass is 10.1. The van der Waals surface area contributed by atoms with Crippen LogP contribution in [0.4, 0.5) is 5.69 Å². The standard InChI is InChI=1S/C24H22N4O3S/c1-3-31-20-10-6-17(7-11-20)24-27-19(15-32-24)14-21(29)26-18-8-4-16(5-9-18)22(30)23-25-12-13-28(23)2/h4-13,15H,3,14H2,1-2H3,(H,26,29). The van der Waals surface area contributed by atoms with Gasteiger partial charge in [-0.3, -0.25) is 9.59 Å². The lowest BCUT2D eigenvalue weighted by Crippen LogP contribution is -2.15. The molecule has 32 heavy (non-hydrogen) atoms. The van der Waals surface area contributed by atoms with Crippen LogP contribution in [-0.2, 0) is 18.3 Å². The van der Waals surface area contributed by atoms with Gasteiger partial charge in [-0.2, -0.15) is 0 Å². The molecule has 0 spiro atoms. The highest BCUT2D eigenvalue weighted by atomic mass is 32.1. The van der Waals surface area contributed by atoms with Crippen molar-refractivity contribution in [3.63, 3.8) is 0 Å². The molecular weight excluding hydrogens is 424 g/mol. The van der Waals surface area contributed by atoms with Gasteiger partial charge < -0.3 is 14.6 Å². The van der Waals surface area contributed by atoms with E-state index in [1.807, 2.05) is 36.6 Å². The number of nitrogens with one attached hydrogen (secondary N) is 1. The molecule has 0 aliphatic heterocycles. The van der Waals surface area contributed by atoms with E-state index in [1.165, 1.54) is 11.3 Å². The number of aromatic nitrogens is 3. The summed E-state index contributed by atoms with van der Waals surface area (Å²) in [6.07, 6.45) is 3.48. The van der Waals surface area contributed by atoms with Crippen LogP contribution >= 0.6 is 11.3 Å². The molecule has 4 rings (SSSR count). The zero-order chi connectivity index (χ0) is 22.5. The SMILES string of the molecule is CCOc1ccc(-c2nc(CC(=O)Nc3ccc(C(=O)c4nccn4C)cc3)cs2)cc1. The minimum atomic E-state index is -0.170. The van der Waals surface area contributed by atoms with Crippen molar-refractivity contribution in [2.45, 2.75) is 13.3 Å². The van der Waals surface area contributed by atoms with Crippen LogP contribution in [0.2, 0.25) is 0 Å². The molecule has 0 fully saturated rings. The molecule has 2 aromatic carbocycles. The van der Waals surface area contributed by atoms with Gasteiger partial charge in [0.25, 0.3) is 0 Å². The molecule has 8 heteroatoms. The van der Waals surface area contributed by atoms with Gasteiger partial charge in [-0.15, -0.1) is 11.3 Å². The topological polar surface area (TPSA) is 86.1 Å². The Kier molecular flexibility index (Phi) is 6.42. The molecule has 0 aliphatic rings. The Hall–Kier alpha value is -3.78. The first-order valence-corrected chi connectivity index (χ1v) is 11.0. The summed E-state index contributed by atoms with van der Waals surface area (Å²) in [4.78, 5) is 33.6. The molecule has 0 bridgehead atoms. The monoisotopic (exact) mass is 446 g/mol. The van der Waals surface area contributed by atoms with Crippen molar-refractivity contribution < 1.29 is 14.3 Å². The Morgan fingerprint density at radius 2 is 1.84 bits per heavy atom. The summed E-state index contributed by atoms with van der Waals surface area (Å²) in [5.41, 5.74) is 2.82. The highest BCUT2D eigenvalue weighted by Gasteiger charge is 2.14. The first-order valence-electron chi connectivity index (χ1n) is 10.1. The van der Waals surface area contributed by atoms with Gasteiger partial charge in [-0.25, -0.2) is 9.97 Å². The Morgan fingerprint density at radius 3 is 2.50 bits per heavy atom. The molecule has 2 aromatic heterocycles. The lowest BCUT2D eigenvalue weighted by molar-refractivity contribution is -0.115. The molecule has 0 radical (unpaired) electrons. The van der Waals surface area contributed by atoms with Crippen LogP contribution in [0.15, 0.2) is 66.3 Å². The van der Waals surface area contributed by atoms with Crippen LogP contribution in [0.25, 0.3) is 10.6 Å². The van der Waals surface area contributed by atoms with Gasteiger partial charge in [0.15, 0.2) is 5.82 Å². The molecule has 1 amide bonds. The van der Waals surface area contributed by atoms with Gasteiger partial charge in [0.05, 0.1) is 18.7 Å². The number of hydrogen-bond donors (Lipinski definition) is 1. The highest BCUT2D eigenvalue weighted by molar-refractivity contribution is 7.13. The largest absolute Gasteiger partial charge is 0.494 e. The number of ketones is 1. The van der Waals surface area contributed by atoms with E-state index >= 15 is 0 Å². The smallest absolute Gasteiger partial charge is 0.230 e. The number of amides is 1. The van der Waals surface area contributed by atoms with Crippen molar-refractivity contribution in [2.75, 3.05) is 11.9 Å². The molecule has 0 atom stereocenters. The Morgan fingerprint density at radius 1 is 1.09 bits per heavy atom. The van der Waals surface area contributed by atoms with E-state index in [1.54, 1.807) is 48.3 Å². The van der Waals surface area contributed by atoms with E-state index in [-0.39, 0.29) is 18.1 Å². The van der Waals surface area contributed by atoms with Crippen molar-refractivity contribution in [1.82, 2.24) is 14.5 Å². The van der Waals surface area contributed by atoms with Gasteiger partial charge in [-0.1, -0.05) is 0 Å².